The average Bonchev–Trinajstić information content (AvgIpc) is 3.17. The predicted octanol–water partition coefficient (Wildman–Crippen LogP) is 3.58. The minimum absolute atomic E-state index is 0.247. The molecule has 7 nitrogen and oxygen atoms in total. The SMILES string of the molecule is CCC1=C(C(=O)OC)[C@@H](c2ccccc2)n2c(s/c(=C\c3cc(Br)c(OC)cc3OC)c2=O)=N1. The van der Waals surface area contributed by atoms with E-state index in [2.05, 4.69) is 20.9 Å². The fourth-order valence-corrected chi connectivity index (χ4v) is 5.49. The van der Waals surface area contributed by atoms with Gasteiger partial charge in [0.2, 0.25) is 0 Å². The number of ether oxygens (including phenoxy) is 3. The van der Waals surface area contributed by atoms with Gasteiger partial charge in [-0.05, 0) is 40.1 Å². The van der Waals surface area contributed by atoms with Gasteiger partial charge in [-0.15, -0.1) is 0 Å². The van der Waals surface area contributed by atoms with Crippen molar-refractivity contribution in [1.29, 1.82) is 0 Å². The summed E-state index contributed by atoms with van der Waals surface area (Å²) in [5.41, 5.74) is 2.25. The van der Waals surface area contributed by atoms with Crippen molar-refractivity contribution < 1.29 is 19.0 Å². The number of thiazole rings is 1. The number of nitrogens with zero attached hydrogens (tertiary/aromatic N) is 2. The Morgan fingerprint density at radius 3 is 2.47 bits per heavy atom. The van der Waals surface area contributed by atoms with E-state index >= 15 is 0 Å². The summed E-state index contributed by atoms with van der Waals surface area (Å²) in [6.45, 7) is 1.93. The van der Waals surface area contributed by atoms with Crippen molar-refractivity contribution in [3.63, 3.8) is 0 Å². The van der Waals surface area contributed by atoms with E-state index in [-0.39, 0.29) is 5.56 Å². The van der Waals surface area contributed by atoms with Gasteiger partial charge >= 0.3 is 5.97 Å². The van der Waals surface area contributed by atoms with Gasteiger partial charge in [0.05, 0.1) is 47.6 Å². The fraction of sp³-hybridized carbons (Fsp3) is 0.240. The Bertz CT molecular complexity index is 1460. The van der Waals surface area contributed by atoms with E-state index in [4.69, 9.17) is 14.2 Å². The molecule has 34 heavy (non-hydrogen) atoms. The number of rotatable bonds is 6. The van der Waals surface area contributed by atoms with E-state index in [1.807, 2.05) is 43.3 Å². The van der Waals surface area contributed by atoms with Gasteiger partial charge in [0, 0.05) is 11.6 Å². The molecule has 3 aromatic rings. The van der Waals surface area contributed by atoms with Crippen molar-refractivity contribution in [2.45, 2.75) is 19.4 Å². The topological polar surface area (TPSA) is 79.1 Å². The second-order valence-electron chi connectivity index (χ2n) is 7.43. The minimum Gasteiger partial charge on any atom is -0.496 e. The Hall–Kier alpha value is -3.17. The quantitative estimate of drug-likeness (QED) is 0.445. The van der Waals surface area contributed by atoms with E-state index < -0.39 is 12.0 Å². The van der Waals surface area contributed by atoms with Gasteiger partial charge in [-0.3, -0.25) is 9.36 Å². The largest absolute Gasteiger partial charge is 0.496 e. The second kappa shape index (κ2) is 9.99. The molecule has 1 aliphatic heterocycles. The summed E-state index contributed by atoms with van der Waals surface area (Å²) < 4.78 is 18.7. The van der Waals surface area contributed by atoms with Gasteiger partial charge in [-0.25, -0.2) is 9.79 Å². The molecular weight excluding hydrogens is 520 g/mol. The standard InChI is InChI=1S/C25H23BrN2O5S/c1-5-17-21(24(30)33-4)22(14-9-7-6-8-10-14)28-23(29)20(34-25(28)27-17)12-15-11-16(26)19(32-3)13-18(15)31-2/h6-13,22H,5H2,1-4H3/b20-12-/t22-/m1/s1. The van der Waals surface area contributed by atoms with E-state index in [0.717, 1.165) is 10.0 Å². The first kappa shape index (κ1) is 24.0. The predicted molar refractivity (Wildman–Crippen MR) is 134 cm³/mol. The Morgan fingerprint density at radius 2 is 1.85 bits per heavy atom. The maximum Gasteiger partial charge on any atom is 0.338 e. The Morgan fingerprint density at radius 1 is 1.15 bits per heavy atom. The second-order valence-corrected chi connectivity index (χ2v) is 9.29. The molecule has 1 aromatic heterocycles. The third-order valence-corrected chi connectivity index (χ3v) is 7.16. The Labute approximate surface area is 208 Å². The monoisotopic (exact) mass is 542 g/mol. The summed E-state index contributed by atoms with van der Waals surface area (Å²) in [4.78, 5) is 31.7. The van der Waals surface area contributed by atoms with Crippen LogP contribution in [0.3, 0.4) is 0 Å². The first-order valence-corrected chi connectivity index (χ1v) is 12.1. The lowest BCUT2D eigenvalue weighted by atomic mass is 9.95. The first-order valence-electron chi connectivity index (χ1n) is 10.5. The van der Waals surface area contributed by atoms with Crippen LogP contribution in [0.2, 0.25) is 0 Å². The van der Waals surface area contributed by atoms with Crippen molar-refractivity contribution in [1.82, 2.24) is 4.57 Å². The summed E-state index contributed by atoms with van der Waals surface area (Å²) in [6, 6.07) is 12.4. The number of hydrogen-bond acceptors (Lipinski definition) is 7. The van der Waals surface area contributed by atoms with Crippen molar-refractivity contribution in [3.05, 3.63) is 89.0 Å². The van der Waals surface area contributed by atoms with Gasteiger partial charge in [0.15, 0.2) is 4.80 Å². The molecule has 2 aromatic carbocycles. The zero-order chi connectivity index (χ0) is 24.4. The Balaban J connectivity index is 2.00. The maximum absolute atomic E-state index is 13.7. The number of halogens is 1. The number of fused-ring (bicyclic) bond motifs is 1. The van der Waals surface area contributed by atoms with Crippen LogP contribution in [0.25, 0.3) is 6.08 Å². The van der Waals surface area contributed by atoms with Crippen LogP contribution in [0.1, 0.15) is 30.5 Å². The molecule has 0 radical (unpaired) electrons. The van der Waals surface area contributed by atoms with Crippen LogP contribution in [0.15, 0.2) is 68.0 Å². The highest BCUT2D eigenvalue weighted by Crippen LogP contribution is 2.34. The molecule has 1 aliphatic rings. The van der Waals surface area contributed by atoms with Crippen LogP contribution >= 0.6 is 27.3 Å². The minimum atomic E-state index is -0.633. The third-order valence-electron chi connectivity index (χ3n) is 5.56. The van der Waals surface area contributed by atoms with Crippen LogP contribution < -0.4 is 24.4 Å². The smallest absolute Gasteiger partial charge is 0.338 e. The molecule has 0 fully saturated rings. The average molecular weight is 543 g/mol. The first-order chi connectivity index (χ1) is 16.4. The van der Waals surface area contributed by atoms with E-state index in [1.165, 1.54) is 18.4 Å². The van der Waals surface area contributed by atoms with E-state index in [9.17, 15) is 9.59 Å². The van der Waals surface area contributed by atoms with E-state index in [1.54, 1.807) is 30.9 Å². The number of carbonyl (C=O) groups excluding carboxylic acids is 1. The number of carbonyl (C=O) groups is 1. The van der Waals surface area contributed by atoms with Gasteiger partial charge in [0.25, 0.3) is 5.56 Å². The highest BCUT2D eigenvalue weighted by molar-refractivity contribution is 9.10. The van der Waals surface area contributed by atoms with Gasteiger partial charge in [-0.2, -0.15) is 0 Å². The third kappa shape index (κ3) is 4.21. The molecule has 9 heteroatoms. The van der Waals surface area contributed by atoms with Crippen LogP contribution in [-0.2, 0) is 9.53 Å². The Kier molecular flexibility index (Phi) is 7.04. The zero-order valence-electron chi connectivity index (χ0n) is 19.1. The molecule has 176 valence electrons. The number of benzene rings is 2. The van der Waals surface area contributed by atoms with Gasteiger partial charge in [0.1, 0.15) is 11.5 Å². The summed E-state index contributed by atoms with van der Waals surface area (Å²) in [5.74, 6) is 0.689. The lowest BCUT2D eigenvalue weighted by Crippen LogP contribution is -2.40. The lowest BCUT2D eigenvalue weighted by Gasteiger charge is -2.25. The number of allylic oxidation sites excluding steroid dienone is 1. The highest BCUT2D eigenvalue weighted by Gasteiger charge is 2.33. The fourth-order valence-electron chi connectivity index (χ4n) is 3.95. The molecule has 0 bridgehead atoms. The molecule has 2 heterocycles. The summed E-state index contributed by atoms with van der Waals surface area (Å²) in [7, 11) is 4.47. The van der Waals surface area contributed by atoms with Crippen LogP contribution in [-0.4, -0.2) is 31.9 Å². The number of hydrogen-bond donors (Lipinski definition) is 0. The molecule has 0 spiro atoms. The normalized spacial score (nSPS) is 15.6. The van der Waals surface area contributed by atoms with Crippen molar-refractivity contribution in [2.75, 3.05) is 21.3 Å². The van der Waals surface area contributed by atoms with Crippen molar-refractivity contribution in [2.24, 2.45) is 4.99 Å². The molecule has 0 amide bonds. The lowest BCUT2D eigenvalue weighted by molar-refractivity contribution is -0.136. The molecule has 0 aliphatic carbocycles. The summed E-state index contributed by atoms with van der Waals surface area (Å²) in [5, 5.41) is 0. The van der Waals surface area contributed by atoms with Gasteiger partial charge in [-0.1, -0.05) is 48.6 Å². The summed E-state index contributed by atoms with van der Waals surface area (Å²) in [6.07, 6.45) is 2.29. The van der Waals surface area contributed by atoms with Gasteiger partial charge < -0.3 is 14.2 Å². The number of esters is 1. The maximum atomic E-state index is 13.7. The highest BCUT2D eigenvalue weighted by atomic mass is 79.9. The molecular formula is C25H23BrN2O5S. The molecule has 4 rings (SSSR count). The van der Waals surface area contributed by atoms with Crippen molar-refractivity contribution in [3.8, 4) is 11.5 Å². The number of aromatic nitrogens is 1. The molecule has 0 saturated heterocycles. The molecule has 0 unspecified atom stereocenters. The molecule has 0 saturated carbocycles. The van der Waals surface area contributed by atoms with Crippen LogP contribution in [0.5, 0.6) is 11.5 Å². The van der Waals surface area contributed by atoms with Crippen LogP contribution in [0, 0.1) is 0 Å². The zero-order valence-corrected chi connectivity index (χ0v) is 21.5. The summed E-state index contributed by atoms with van der Waals surface area (Å²) >= 11 is 4.76. The molecule has 1 atom stereocenters. The van der Waals surface area contributed by atoms with E-state index in [0.29, 0.717) is 44.1 Å². The molecule has 0 N–H and O–H groups in total. The van der Waals surface area contributed by atoms with Crippen LogP contribution in [0.4, 0.5) is 0 Å². The number of methoxy groups -OCH3 is 3. The van der Waals surface area contributed by atoms with Crippen molar-refractivity contribution >= 4 is 39.3 Å².